The van der Waals surface area contributed by atoms with E-state index in [1.165, 1.54) is 22.4 Å². The number of anilines is 1. The SMILES string of the molecule is CC(C)c1cccc2c1NC(c1ccc(O)cc1)C1CC=CC21. The van der Waals surface area contributed by atoms with Crippen molar-refractivity contribution in [2.45, 2.75) is 38.1 Å². The third kappa shape index (κ3) is 2.33. The minimum atomic E-state index is 0.294. The Bertz CT molecular complexity index is 745. The number of aromatic hydroxyl groups is 1. The lowest BCUT2D eigenvalue weighted by atomic mass is 9.75. The van der Waals surface area contributed by atoms with E-state index in [0.29, 0.717) is 29.5 Å². The third-order valence-corrected chi connectivity index (χ3v) is 5.30. The normalized spacial score (nSPS) is 25.1. The van der Waals surface area contributed by atoms with E-state index in [1.54, 1.807) is 12.1 Å². The molecule has 2 N–H and O–H groups in total. The Morgan fingerprint density at radius 1 is 1.09 bits per heavy atom. The van der Waals surface area contributed by atoms with Crippen LogP contribution in [-0.4, -0.2) is 5.11 Å². The van der Waals surface area contributed by atoms with E-state index < -0.39 is 0 Å². The van der Waals surface area contributed by atoms with E-state index in [-0.39, 0.29) is 0 Å². The fourth-order valence-electron chi connectivity index (χ4n) is 4.14. The van der Waals surface area contributed by atoms with E-state index >= 15 is 0 Å². The topological polar surface area (TPSA) is 32.3 Å². The highest BCUT2D eigenvalue weighted by molar-refractivity contribution is 5.65. The monoisotopic (exact) mass is 305 g/mol. The zero-order valence-corrected chi connectivity index (χ0v) is 13.7. The second kappa shape index (κ2) is 5.45. The summed E-state index contributed by atoms with van der Waals surface area (Å²) in [5.74, 6) is 1.87. The Kier molecular flexibility index (Phi) is 3.41. The van der Waals surface area contributed by atoms with Gasteiger partial charge in [-0.25, -0.2) is 0 Å². The molecule has 3 atom stereocenters. The smallest absolute Gasteiger partial charge is 0.115 e. The molecule has 2 heteroatoms. The fourth-order valence-corrected chi connectivity index (χ4v) is 4.14. The summed E-state index contributed by atoms with van der Waals surface area (Å²) in [7, 11) is 0. The molecule has 118 valence electrons. The molecule has 0 spiro atoms. The molecule has 0 bridgehead atoms. The molecular weight excluding hydrogens is 282 g/mol. The summed E-state index contributed by atoms with van der Waals surface area (Å²) in [6.45, 7) is 4.51. The first-order chi connectivity index (χ1) is 11.1. The number of phenolic OH excluding ortho intramolecular Hbond substituents is 1. The van der Waals surface area contributed by atoms with Crippen molar-refractivity contribution in [3.05, 3.63) is 71.3 Å². The number of benzene rings is 2. The van der Waals surface area contributed by atoms with Gasteiger partial charge in [-0.05, 0) is 47.1 Å². The van der Waals surface area contributed by atoms with Crippen molar-refractivity contribution in [3.63, 3.8) is 0 Å². The Hall–Kier alpha value is -2.22. The molecule has 1 heterocycles. The first kappa shape index (κ1) is 14.4. The summed E-state index contributed by atoms with van der Waals surface area (Å²) in [6, 6.07) is 14.7. The molecule has 0 fully saturated rings. The van der Waals surface area contributed by atoms with Crippen molar-refractivity contribution >= 4 is 5.69 Å². The number of fused-ring (bicyclic) bond motifs is 3. The highest BCUT2D eigenvalue weighted by Crippen LogP contribution is 2.51. The van der Waals surface area contributed by atoms with E-state index in [0.717, 1.165) is 6.42 Å². The molecule has 4 rings (SSSR count). The second-order valence-electron chi connectivity index (χ2n) is 7.03. The van der Waals surface area contributed by atoms with E-state index in [2.05, 4.69) is 49.5 Å². The molecule has 0 saturated heterocycles. The van der Waals surface area contributed by atoms with Crippen LogP contribution < -0.4 is 5.32 Å². The summed E-state index contributed by atoms with van der Waals surface area (Å²) in [6.07, 6.45) is 5.80. The Morgan fingerprint density at radius 2 is 1.87 bits per heavy atom. The summed E-state index contributed by atoms with van der Waals surface area (Å²) in [4.78, 5) is 0. The Morgan fingerprint density at radius 3 is 2.61 bits per heavy atom. The van der Waals surface area contributed by atoms with Crippen LogP contribution in [0.3, 0.4) is 0 Å². The van der Waals surface area contributed by atoms with Gasteiger partial charge in [-0.15, -0.1) is 0 Å². The summed E-state index contributed by atoms with van der Waals surface area (Å²) in [5, 5.41) is 13.4. The van der Waals surface area contributed by atoms with Crippen LogP contribution in [0.2, 0.25) is 0 Å². The van der Waals surface area contributed by atoms with Gasteiger partial charge < -0.3 is 10.4 Å². The lowest BCUT2D eigenvalue weighted by Crippen LogP contribution is -2.29. The fraction of sp³-hybridized carbons (Fsp3) is 0.333. The van der Waals surface area contributed by atoms with Gasteiger partial charge in [0.05, 0.1) is 6.04 Å². The van der Waals surface area contributed by atoms with Crippen LogP contribution >= 0.6 is 0 Å². The number of hydrogen-bond acceptors (Lipinski definition) is 2. The van der Waals surface area contributed by atoms with E-state index in [9.17, 15) is 5.11 Å². The van der Waals surface area contributed by atoms with Crippen molar-refractivity contribution in [1.29, 1.82) is 0 Å². The molecule has 0 saturated carbocycles. The maximum Gasteiger partial charge on any atom is 0.115 e. The van der Waals surface area contributed by atoms with E-state index in [1.807, 2.05) is 12.1 Å². The highest BCUT2D eigenvalue weighted by Gasteiger charge is 2.38. The van der Waals surface area contributed by atoms with Gasteiger partial charge in [0.25, 0.3) is 0 Å². The first-order valence-corrected chi connectivity index (χ1v) is 8.50. The van der Waals surface area contributed by atoms with Crippen molar-refractivity contribution in [2.75, 3.05) is 5.32 Å². The number of rotatable bonds is 2. The van der Waals surface area contributed by atoms with Crippen LogP contribution in [0.1, 0.15) is 54.8 Å². The van der Waals surface area contributed by atoms with E-state index in [4.69, 9.17) is 0 Å². The van der Waals surface area contributed by atoms with Crippen LogP contribution in [0.15, 0.2) is 54.6 Å². The highest BCUT2D eigenvalue weighted by atomic mass is 16.3. The van der Waals surface area contributed by atoms with Crippen molar-refractivity contribution < 1.29 is 5.11 Å². The molecule has 2 aliphatic rings. The molecule has 0 aromatic heterocycles. The number of phenols is 1. The quantitative estimate of drug-likeness (QED) is 0.734. The average Bonchev–Trinajstić information content (AvgIpc) is 3.04. The second-order valence-corrected chi connectivity index (χ2v) is 7.03. The summed E-state index contributed by atoms with van der Waals surface area (Å²) in [5.41, 5.74) is 5.40. The standard InChI is InChI=1S/C21H23NO/c1-13(2)16-5-3-8-19-17-6-4-7-18(17)20(22-21(16)19)14-9-11-15(23)12-10-14/h3-6,8-13,17-18,20,22-23H,7H2,1-2H3. The molecule has 2 nitrogen and oxygen atoms in total. The van der Waals surface area contributed by atoms with Crippen LogP contribution in [-0.2, 0) is 0 Å². The summed E-state index contributed by atoms with van der Waals surface area (Å²) >= 11 is 0. The molecule has 0 radical (unpaired) electrons. The van der Waals surface area contributed by atoms with Crippen molar-refractivity contribution in [1.82, 2.24) is 0 Å². The molecule has 23 heavy (non-hydrogen) atoms. The van der Waals surface area contributed by atoms with Crippen LogP contribution in [0, 0.1) is 5.92 Å². The molecule has 2 aromatic carbocycles. The lowest BCUT2D eigenvalue weighted by molar-refractivity contribution is 0.423. The van der Waals surface area contributed by atoms with Gasteiger partial charge in [-0.2, -0.15) is 0 Å². The van der Waals surface area contributed by atoms with Gasteiger partial charge >= 0.3 is 0 Å². The van der Waals surface area contributed by atoms with Gasteiger partial charge in [0.2, 0.25) is 0 Å². The summed E-state index contributed by atoms with van der Waals surface area (Å²) < 4.78 is 0. The lowest BCUT2D eigenvalue weighted by Gasteiger charge is -2.39. The zero-order chi connectivity index (χ0) is 16.0. The Labute approximate surface area is 137 Å². The molecule has 1 aliphatic heterocycles. The van der Waals surface area contributed by atoms with Gasteiger partial charge in [0.1, 0.15) is 5.75 Å². The van der Waals surface area contributed by atoms with Gasteiger partial charge in [0.15, 0.2) is 0 Å². The minimum Gasteiger partial charge on any atom is -0.508 e. The maximum absolute atomic E-state index is 9.58. The predicted octanol–water partition coefficient (Wildman–Crippen LogP) is 5.34. The number of nitrogens with one attached hydrogen (secondary N) is 1. The van der Waals surface area contributed by atoms with Gasteiger partial charge in [-0.1, -0.05) is 56.3 Å². The van der Waals surface area contributed by atoms with Gasteiger partial charge in [0, 0.05) is 11.6 Å². The third-order valence-electron chi connectivity index (χ3n) is 5.30. The van der Waals surface area contributed by atoms with Crippen LogP contribution in [0.25, 0.3) is 0 Å². The molecule has 0 amide bonds. The van der Waals surface area contributed by atoms with Crippen LogP contribution in [0.4, 0.5) is 5.69 Å². The van der Waals surface area contributed by atoms with Gasteiger partial charge in [-0.3, -0.25) is 0 Å². The zero-order valence-electron chi connectivity index (χ0n) is 13.7. The van der Waals surface area contributed by atoms with Crippen LogP contribution in [0.5, 0.6) is 5.75 Å². The molecule has 2 aromatic rings. The maximum atomic E-state index is 9.58. The molecule has 3 unspecified atom stereocenters. The van der Waals surface area contributed by atoms with Crippen molar-refractivity contribution in [3.8, 4) is 5.75 Å². The Balaban J connectivity index is 1.82. The molecular formula is C21H23NO. The number of hydrogen-bond donors (Lipinski definition) is 2. The predicted molar refractivity (Wildman–Crippen MR) is 95.0 cm³/mol. The average molecular weight is 305 g/mol. The van der Waals surface area contributed by atoms with Crippen molar-refractivity contribution in [2.24, 2.45) is 5.92 Å². The number of allylic oxidation sites excluding steroid dienone is 2. The largest absolute Gasteiger partial charge is 0.508 e. The number of para-hydroxylation sites is 1. The minimum absolute atomic E-state index is 0.294. The molecule has 1 aliphatic carbocycles. The first-order valence-electron chi connectivity index (χ1n) is 8.50.